The van der Waals surface area contributed by atoms with Crippen molar-refractivity contribution in [3.63, 3.8) is 0 Å². The zero-order valence-corrected chi connectivity index (χ0v) is 16.8. The highest BCUT2D eigenvalue weighted by Crippen LogP contribution is 2.18. The van der Waals surface area contributed by atoms with Crippen LogP contribution in [0.25, 0.3) is 0 Å². The lowest BCUT2D eigenvalue weighted by molar-refractivity contribution is -0.140. The third-order valence-electron chi connectivity index (χ3n) is 5.12. The van der Waals surface area contributed by atoms with Crippen LogP contribution >= 0.6 is 0 Å². The molecule has 1 aliphatic rings. The summed E-state index contributed by atoms with van der Waals surface area (Å²) in [5.74, 6) is -0.452. The van der Waals surface area contributed by atoms with Crippen LogP contribution in [0.2, 0.25) is 0 Å². The Morgan fingerprint density at radius 1 is 0.966 bits per heavy atom. The number of carbonyl (C=O) groups excluding carboxylic acids is 2. The van der Waals surface area contributed by atoms with Crippen LogP contribution in [0.15, 0.2) is 48.5 Å². The standard InChI is InChI=1S/C23H27FN2O3/c1-18-10-11-21(20(24)16-18)29-17-23(28)26-14-12-25(13-15-26)22(27)9-5-8-19-6-3-2-4-7-19/h2-4,6-7,10-11,16H,5,8-9,12-15,17H2,1H3. The first kappa shape index (κ1) is 20.8. The molecule has 29 heavy (non-hydrogen) atoms. The smallest absolute Gasteiger partial charge is 0.260 e. The van der Waals surface area contributed by atoms with Crippen LogP contribution in [0.5, 0.6) is 5.75 Å². The van der Waals surface area contributed by atoms with Crippen molar-refractivity contribution in [1.29, 1.82) is 0 Å². The molecule has 1 heterocycles. The Morgan fingerprint density at radius 2 is 1.62 bits per heavy atom. The molecule has 0 unspecified atom stereocenters. The molecular formula is C23H27FN2O3. The number of benzene rings is 2. The van der Waals surface area contributed by atoms with Crippen LogP contribution < -0.4 is 4.74 Å². The van der Waals surface area contributed by atoms with Crippen molar-refractivity contribution in [2.45, 2.75) is 26.2 Å². The zero-order valence-electron chi connectivity index (χ0n) is 16.8. The zero-order chi connectivity index (χ0) is 20.6. The van der Waals surface area contributed by atoms with Crippen molar-refractivity contribution in [2.75, 3.05) is 32.8 Å². The maximum absolute atomic E-state index is 13.8. The SMILES string of the molecule is Cc1ccc(OCC(=O)N2CCN(C(=O)CCCc3ccccc3)CC2)c(F)c1. The van der Waals surface area contributed by atoms with E-state index in [2.05, 4.69) is 12.1 Å². The van der Waals surface area contributed by atoms with E-state index in [1.54, 1.807) is 17.9 Å². The van der Waals surface area contributed by atoms with Gasteiger partial charge in [-0.15, -0.1) is 0 Å². The molecule has 2 aromatic rings. The van der Waals surface area contributed by atoms with E-state index in [0.29, 0.717) is 32.6 Å². The number of rotatable bonds is 7. The number of amides is 2. The average Bonchev–Trinajstić information content (AvgIpc) is 2.74. The average molecular weight is 398 g/mol. The van der Waals surface area contributed by atoms with Gasteiger partial charge in [0.2, 0.25) is 5.91 Å². The van der Waals surface area contributed by atoms with Crippen molar-refractivity contribution in [2.24, 2.45) is 0 Å². The summed E-state index contributed by atoms with van der Waals surface area (Å²) in [6.45, 7) is 3.58. The van der Waals surface area contributed by atoms with Crippen molar-refractivity contribution in [1.82, 2.24) is 9.80 Å². The number of carbonyl (C=O) groups is 2. The van der Waals surface area contributed by atoms with Gasteiger partial charge in [-0.2, -0.15) is 0 Å². The second-order valence-corrected chi connectivity index (χ2v) is 7.32. The van der Waals surface area contributed by atoms with E-state index in [1.165, 1.54) is 17.7 Å². The number of nitrogens with zero attached hydrogens (tertiary/aromatic N) is 2. The molecule has 0 spiro atoms. The Kier molecular flexibility index (Phi) is 7.22. The second kappa shape index (κ2) is 10.0. The second-order valence-electron chi connectivity index (χ2n) is 7.32. The highest BCUT2D eigenvalue weighted by atomic mass is 19.1. The summed E-state index contributed by atoms with van der Waals surface area (Å²) in [5.41, 5.74) is 2.03. The summed E-state index contributed by atoms with van der Waals surface area (Å²) in [4.78, 5) is 28.2. The van der Waals surface area contributed by atoms with Crippen molar-refractivity contribution in [3.8, 4) is 5.75 Å². The van der Waals surface area contributed by atoms with Gasteiger partial charge < -0.3 is 14.5 Å². The summed E-state index contributed by atoms with van der Waals surface area (Å²) in [6, 6.07) is 14.8. The third-order valence-corrected chi connectivity index (χ3v) is 5.12. The Balaban J connectivity index is 1.37. The van der Waals surface area contributed by atoms with Gasteiger partial charge in [0.05, 0.1) is 0 Å². The van der Waals surface area contributed by atoms with Crippen molar-refractivity contribution < 1.29 is 18.7 Å². The lowest BCUT2D eigenvalue weighted by Crippen LogP contribution is -2.51. The predicted molar refractivity (Wildman–Crippen MR) is 109 cm³/mol. The lowest BCUT2D eigenvalue weighted by atomic mass is 10.1. The number of hydrogen-bond donors (Lipinski definition) is 0. The minimum atomic E-state index is -0.469. The van der Waals surface area contributed by atoms with E-state index >= 15 is 0 Å². The van der Waals surface area contributed by atoms with Gasteiger partial charge in [0, 0.05) is 32.6 Å². The van der Waals surface area contributed by atoms with Gasteiger partial charge in [0.1, 0.15) is 0 Å². The number of ether oxygens (including phenoxy) is 1. The number of piperazine rings is 1. The fraction of sp³-hybridized carbons (Fsp3) is 0.391. The summed E-state index contributed by atoms with van der Waals surface area (Å²) < 4.78 is 19.1. The van der Waals surface area contributed by atoms with Gasteiger partial charge in [0.25, 0.3) is 5.91 Å². The van der Waals surface area contributed by atoms with Crippen molar-refractivity contribution >= 4 is 11.8 Å². The van der Waals surface area contributed by atoms with Crippen LogP contribution in [0.1, 0.15) is 24.0 Å². The summed E-state index contributed by atoms with van der Waals surface area (Å²) in [5, 5.41) is 0. The molecule has 1 fully saturated rings. The van der Waals surface area contributed by atoms with E-state index in [0.717, 1.165) is 18.4 Å². The Hall–Kier alpha value is -2.89. The minimum Gasteiger partial charge on any atom is -0.481 e. The van der Waals surface area contributed by atoms with E-state index in [1.807, 2.05) is 23.1 Å². The van der Waals surface area contributed by atoms with Crippen LogP contribution in [0.4, 0.5) is 4.39 Å². The molecule has 0 N–H and O–H groups in total. The monoisotopic (exact) mass is 398 g/mol. The molecule has 0 radical (unpaired) electrons. The van der Waals surface area contributed by atoms with Gasteiger partial charge in [0.15, 0.2) is 18.2 Å². The van der Waals surface area contributed by atoms with Crippen LogP contribution in [-0.2, 0) is 16.0 Å². The van der Waals surface area contributed by atoms with Crippen molar-refractivity contribution in [3.05, 3.63) is 65.5 Å². The maximum Gasteiger partial charge on any atom is 0.260 e. The molecule has 0 bridgehead atoms. The first-order valence-electron chi connectivity index (χ1n) is 10.0. The summed E-state index contributed by atoms with van der Waals surface area (Å²) >= 11 is 0. The normalized spacial score (nSPS) is 14.0. The first-order valence-corrected chi connectivity index (χ1v) is 10.0. The number of aryl methyl sites for hydroxylation is 2. The van der Waals surface area contributed by atoms with Crippen LogP contribution in [-0.4, -0.2) is 54.4 Å². The van der Waals surface area contributed by atoms with E-state index in [-0.39, 0.29) is 24.2 Å². The molecule has 2 aromatic carbocycles. The molecule has 154 valence electrons. The number of halogens is 1. The van der Waals surface area contributed by atoms with Gasteiger partial charge in [-0.25, -0.2) is 4.39 Å². The molecular weight excluding hydrogens is 371 g/mol. The van der Waals surface area contributed by atoms with Gasteiger partial charge in [-0.05, 0) is 43.0 Å². The molecule has 3 rings (SSSR count). The maximum atomic E-state index is 13.8. The fourth-order valence-electron chi connectivity index (χ4n) is 3.41. The molecule has 1 saturated heterocycles. The minimum absolute atomic E-state index is 0.0798. The van der Waals surface area contributed by atoms with Crippen LogP contribution in [0, 0.1) is 12.7 Å². The number of hydrogen-bond acceptors (Lipinski definition) is 3. The highest BCUT2D eigenvalue weighted by molar-refractivity contribution is 5.79. The lowest BCUT2D eigenvalue weighted by Gasteiger charge is -2.34. The molecule has 0 atom stereocenters. The molecule has 5 nitrogen and oxygen atoms in total. The topological polar surface area (TPSA) is 49.9 Å². The van der Waals surface area contributed by atoms with E-state index < -0.39 is 5.82 Å². The summed E-state index contributed by atoms with van der Waals surface area (Å²) in [7, 11) is 0. The molecule has 0 saturated carbocycles. The Morgan fingerprint density at radius 3 is 2.28 bits per heavy atom. The Bertz CT molecular complexity index is 833. The highest BCUT2D eigenvalue weighted by Gasteiger charge is 2.24. The van der Waals surface area contributed by atoms with Gasteiger partial charge in [-0.3, -0.25) is 9.59 Å². The molecule has 0 aliphatic carbocycles. The van der Waals surface area contributed by atoms with Gasteiger partial charge in [-0.1, -0.05) is 36.4 Å². The van der Waals surface area contributed by atoms with Gasteiger partial charge >= 0.3 is 0 Å². The fourth-order valence-corrected chi connectivity index (χ4v) is 3.41. The summed E-state index contributed by atoms with van der Waals surface area (Å²) in [6.07, 6.45) is 2.22. The molecule has 1 aliphatic heterocycles. The Labute approximate surface area is 171 Å². The van der Waals surface area contributed by atoms with Crippen LogP contribution in [0.3, 0.4) is 0 Å². The molecule has 6 heteroatoms. The largest absolute Gasteiger partial charge is 0.481 e. The molecule has 2 amide bonds. The quantitative estimate of drug-likeness (QED) is 0.720. The third kappa shape index (κ3) is 6.04. The molecule has 0 aromatic heterocycles. The van der Waals surface area contributed by atoms with E-state index in [9.17, 15) is 14.0 Å². The first-order chi connectivity index (χ1) is 14.0. The predicted octanol–water partition coefficient (Wildman–Crippen LogP) is 3.21. The van der Waals surface area contributed by atoms with E-state index in [4.69, 9.17) is 4.74 Å².